The summed E-state index contributed by atoms with van der Waals surface area (Å²) in [5.74, 6) is -3.77. The lowest BCUT2D eigenvalue weighted by molar-refractivity contribution is -0.156. The summed E-state index contributed by atoms with van der Waals surface area (Å²) in [6, 6.07) is 3.00. The normalized spacial score (nSPS) is 23.8. The van der Waals surface area contributed by atoms with E-state index in [1.165, 1.54) is 16.8 Å². The molecule has 32 heavy (non-hydrogen) atoms. The van der Waals surface area contributed by atoms with Gasteiger partial charge in [0, 0.05) is 23.9 Å². The molecule has 2 aliphatic rings. The Morgan fingerprint density at radius 1 is 1.16 bits per heavy atom. The summed E-state index contributed by atoms with van der Waals surface area (Å²) in [4.78, 5) is 19.7. The number of fused-ring (bicyclic) bond motifs is 2. The van der Waals surface area contributed by atoms with Crippen LogP contribution in [0.5, 0.6) is 0 Å². The number of piperidine rings is 1. The number of hydrogen-bond acceptors (Lipinski definition) is 5. The van der Waals surface area contributed by atoms with Gasteiger partial charge in [0.1, 0.15) is 35.5 Å². The Hall–Kier alpha value is -3.15. The molecule has 0 bridgehead atoms. The summed E-state index contributed by atoms with van der Waals surface area (Å²) in [6.45, 7) is 0.601. The Balaban J connectivity index is 1.75. The first kappa shape index (κ1) is 20.7. The molecule has 3 atom stereocenters. The summed E-state index contributed by atoms with van der Waals surface area (Å²) in [5.41, 5.74) is -0.130. The number of nitrogens with zero attached hydrogens (tertiary/aromatic N) is 4. The van der Waals surface area contributed by atoms with E-state index in [2.05, 4.69) is 25.7 Å². The van der Waals surface area contributed by atoms with Gasteiger partial charge in [-0.25, -0.2) is 18.7 Å². The maximum absolute atomic E-state index is 14.7. The van der Waals surface area contributed by atoms with E-state index in [9.17, 15) is 26.7 Å². The number of amides is 1. The van der Waals surface area contributed by atoms with Gasteiger partial charge in [0.2, 0.25) is 5.91 Å². The molecule has 1 fully saturated rings. The van der Waals surface area contributed by atoms with E-state index >= 15 is 0 Å². The van der Waals surface area contributed by atoms with Crippen LogP contribution in [-0.2, 0) is 4.79 Å². The topological polar surface area (TPSA) is 84.7 Å². The van der Waals surface area contributed by atoms with Crippen molar-refractivity contribution in [1.82, 2.24) is 25.1 Å². The lowest BCUT2D eigenvalue weighted by Crippen LogP contribution is -2.39. The SMILES string of the molecule is O=C1CC(C(F)(F)F)c2c(ncnc2-c2nn([C@H]3CCNC[C@H]3F)c3cc(F)ccc23)N1. The molecule has 1 saturated heterocycles. The van der Waals surface area contributed by atoms with Crippen molar-refractivity contribution in [3.8, 4) is 11.4 Å². The van der Waals surface area contributed by atoms with Gasteiger partial charge in [-0.2, -0.15) is 18.3 Å². The van der Waals surface area contributed by atoms with Crippen LogP contribution in [0.4, 0.5) is 27.8 Å². The summed E-state index contributed by atoms with van der Waals surface area (Å²) < 4.78 is 71.6. The van der Waals surface area contributed by atoms with Crippen LogP contribution in [0.3, 0.4) is 0 Å². The van der Waals surface area contributed by atoms with Crippen molar-refractivity contribution in [2.45, 2.75) is 37.1 Å². The van der Waals surface area contributed by atoms with Gasteiger partial charge >= 0.3 is 6.18 Å². The second-order valence-corrected chi connectivity index (χ2v) is 7.86. The van der Waals surface area contributed by atoms with Crippen molar-refractivity contribution < 1.29 is 26.7 Å². The van der Waals surface area contributed by atoms with Crippen LogP contribution in [0, 0.1) is 5.82 Å². The minimum absolute atomic E-state index is 0.0507. The van der Waals surface area contributed by atoms with E-state index in [0.717, 1.165) is 12.4 Å². The molecular weight excluding hydrogens is 435 g/mol. The number of anilines is 1. The van der Waals surface area contributed by atoms with Gasteiger partial charge in [-0.15, -0.1) is 0 Å². The number of nitrogens with one attached hydrogen (secondary N) is 2. The molecule has 2 N–H and O–H groups in total. The fourth-order valence-corrected chi connectivity index (χ4v) is 4.38. The quantitative estimate of drug-likeness (QED) is 0.582. The molecular formula is C20H17F5N6O. The number of rotatable bonds is 2. The average molecular weight is 452 g/mol. The molecule has 0 saturated carbocycles. The number of hydrogen-bond donors (Lipinski definition) is 2. The molecule has 2 aromatic heterocycles. The summed E-state index contributed by atoms with van der Waals surface area (Å²) in [5, 5.41) is 10.0. The van der Waals surface area contributed by atoms with Crippen LogP contribution in [0.2, 0.25) is 0 Å². The molecule has 4 heterocycles. The van der Waals surface area contributed by atoms with Gasteiger partial charge in [-0.05, 0) is 31.2 Å². The Labute approximate surface area is 178 Å². The maximum atomic E-state index is 14.7. The fourth-order valence-electron chi connectivity index (χ4n) is 4.38. The Kier molecular flexibility index (Phi) is 4.84. The Morgan fingerprint density at radius 2 is 1.97 bits per heavy atom. The smallest absolute Gasteiger partial charge is 0.314 e. The Bertz CT molecular complexity index is 1210. The number of halogens is 5. The van der Waals surface area contributed by atoms with Crippen LogP contribution < -0.4 is 10.6 Å². The molecule has 0 radical (unpaired) electrons. The zero-order valence-electron chi connectivity index (χ0n) is 16.5. The van der Waals surface area contributed by atoms with Crippen LogP contribution in [-0.4, -0.2) is 51.1 Å². The first-order chi connectivity index (χ1) is 15.2. The zero-order chi connectivity index (χ0) is 22.6. The minimum Gasteiger partial charge on any atom is -0.314 e. The second kappa shape index (κ2) is 7.47. The molecule has 1 unspecified atom stereocenters. The number of alkyl halides is 4. The van der Waals surface area contributed by atoms with Crippen molar-refractivity contribution in [2.75, 3.05) is 18.4 Å². The number of carbonyl (C=O) groups excluding carboxylic acids is 1. The van der Waals surface area contributed by atoms with Crippen LogP contribution in [0.25, 0.3) is 22.3 Å². The number of benzene rings is 1. The molecule has 168 valence electrons. The molecule has 5 rings (SSSR count). The molecule has 2 aliphatic heterocycles. The van der Waals surface area contributed by atoms with Gasteiger partial charge in [-0.3, -0.25) is 9.48 Å². The summed E-state index contributed by atoms with van der Waals surface area (Å²) in [7, 11) is 0. The lowest BCUT2D eigenvalue weighted by Gasteiger charge is -2.28. The van der Waals surface area contributed by atoms with E-state index in [-0.39, 0.29) is 34.8 Å². The van der Waals surface area contributed by atoms with Crippen LogP contribution >= 0.6 is 0 Å². The first-order valence-corrected chi connectivity index (χ1v) is 9.98. The third-order valence-electron chi connectivity index (χ3n) is 5.86. The monoisotopic (exact) mass is 452 g/mol. The van der Waals surface area contributed by atoms with Gasteiger partial charge in [0.25, 0.3) is 0 Å². The third kappa shape index (κ3) is 3.38. The number of aromatic nitrogens is 4. The molecule has 1 aromatic carbocycles. The summed E-state index contributed by atoms with van der Waals surface area (Å²) in [6.07, 6.45) is -5.45. The highest BCUT2D eigenvalue weighted by Gasteiger charge is 2.48. The Morgan fingerprint density at radius 3 is 2.72 bits per heavy atom. The molecule has 3 aromatic rings. The second-order valence-electron chi connectivity index (χ2n) is 7.86. The predicted molar refractivity (Wildman–Crippen MR) is 104 cm³/mol. The largest absolute Gasteiger partial charge is 0.396 e. The van der Waals surface area contributed by atoms with E-state index in [0.29, 0.717) is 18.4 Å². The average Bonchev–Trinajstić information content (AvgIpc) is 3.10. The fraction of sp³-hybridized carbons (Fsp3) is 0.400. The molecule has 0 aliphatic carbocycles. The highest BCUT2D eigenvalue weighted by atomic mass is 19.4. The first-order valence-electron chi connectivity index (χ1n) is 9.98. The van der Waals surface area contributed by atoms with Gasteiger partial charge < -0.3 is 10.6 Å². The molecule has 7 nitrogen and oxygen atoms in total. The predicted octanol–water partition coefficient (Wildman–Crippen LogP) is 3.49. The van der Waals surface area contributed by atoms with E-state index < -0.39 is 42.5 Å². The van der Waals surface area contributed by atoms with E-state index in [4.69, 9.17) is 0 Å². The van der Waals surface area contributed by atoms with Crippen LogP contribution in [0.1, 0.15) is 30.4 Å². The molecule has 12 heteroatoms. The number of carbonyl (C=O) groups is 1. The molecule has 1 amide bonds. The van der Waals surface area contributed by atoms with Gasteiger partial charge in [0.05, 0.1) is 17.5 Å². The highest BCUT2D eigenvalue weighted by Crippen LogP contribution is 2.47. The zero-order valence-corrected chi connectivity index (χ0v) is 16.5. The maximum Gasteiger partial charge on any atom is 0.396 e. The van der Waals surface area contributed by atoms with Crippen molar-refractivity contribution in [2.24, 2.45) is 0 Å². The summed E-state index contributed by atoms with van der Waals surface area (Å²) >= 11 is 0. The minimum atomic E-state index is -4.73. The van der Waals surface area contributed by atoms with Gasteiger partial charge in [0.15, 0.2) is 0 Å². The van der Waals surface area contributed by atoms with Gasteiger partial charge in [-0.1, -0.05) is 0 Å². The third-order valence-corrected chi connectivity index (χ3v) is 5.86. The molecule has 0 spiro atoms. The van der Waals surface area contributed by atoms with Crippen molar-refractivity contribution in [3.05, 3.63) is 35.9 Å². The van der Waals surface area contributed by atoms with Crippen molar-refractivity contribution >= 4 is 22.6 Å². The highest BCUT2D eigenvalue weighted by molar-refractivity contribution is 5.98. The lowest BCUT2D eigenvalue weighted by atomic mass is 9.89. The standard InChI is InChI=1S/C20H17F5N6O/c21-9-1-2-10-14(5-9)31(13-3-4-26-7-12(13)22)30-17(10)18-16-11(20(23,24)25)6-15(32)29-19(16)28-8-27-18/h1-2,5,8,11-13,26H,3-4,6-7H2,(H,27,28,29,32)/t11?,12-,13+/m1/s1. The van der Waals surface area contributed by atoms with Crippen molar-refractivity contribution in [1.29, 1.82) is 0 Å². The van der Waals surface area contributed by atoms with E-state index in [1.54, 1.807) is 0 Å². The van der Waals surface area contributed by atoms with Crippen molar-refractivity contribution in [3.63, 3.8) is 0 Å². The van der Waals surface area contributed by atoms with E-state index in [1.807, 2.05) is 0 Å². The van der Waals surface area contributed by atoms with Crippen LogP contribution in [0.15, 0.2) is 24.5 Å².